The number of ether oxygens (including phenoxy) is 1. The Morgan fingerprint density at radius 2 is 2.39 bits per heavy atom. The average Bonchev–Trinajstić information content (AvgIpc) is 2.95. The van der Waals surface area contributed by atoms with Crippen molar-refractivity contribution in [1.82, 2.24) is 14.5 Å². The van der Waals surface area contributed by atoms with Gasteiger partial charge in [0, 0.05) is 18.8 Å². The SMILES string of the molecule is CCOC(=O)CCc1csc(-c2cncn2C)n1. The van der Waals surface area contributed by atoms with Crippen LogP contribution in [0.1, 0.15) is 19.0 Å². The Morgan fingerprint density at radius 1 is 1.56 bits per heavy atom. The zero-order valence-corrected chi connectivity index (χ0v) is 11.2. The fraction of sp³-hybridized carbons (Fsp3) is 0.417. The van der Waals surface area contributed by atoms with Crippen molar-refractivity contribution in [2.75, 3.05) is 6.61 Å². The predicted molar refractivity (Wildman–Crippen MR) is 69.3 cm³/mol. The molecule has 18 heavy (non-hydrogen) atoms. The van der Waals surface area contributed by atoms with Crippen LogP contribution in [0.4, 0.5) is 0 Å². The summed E-state index contributed by atoms with van der Waals surface area (Å²) in [7, 11) is 1.93. The molecule has 0 fully saturated rings. The third-order valence-corrected chi connectivity index (χ3v) is 3.39. The zero-order chi connectivity index (χ0) is 13.0. The van der Waals surface area contributed by atoms with Gasteiger partial charge in [0.05, 0.1) is 36.9 Å². The summed E-state index contributed by atoms with van der Waals surface area (Å²) in [5, 5.41) is 2.90. The molecule has 0 unspecified atom stereocenters. The molecule has 2 rings (SSSR count). The third kappa shape index (κ3) is 2.95. The van der Waals surface area contributed by atoms with Crippen molar-refractivity contribution in [3.63, 3.8) is 0 Å². The molecular formula is C12H15N3O2S. The summed E-state index contributed by atoms with van der Waals surface area (Å²) in [5.74, 6) is -0.174. The molecule has 0 radical (unpaired) electrons. The minimum absolute atomic E-state index is 0.174. The van der Waals surface area contributed by atoms with Crippen molar-refractivity contribution < 1.29 is 9.53 Å². The van der Waals surface area contributed by atoms with Gasteiger partial charge in [-0.2, -0.15) is 0 Å². The van der Waals surface area contributed by atoms with E-state index in [1.54, 1.807) is 30.8 Å². The molecule has 0 aromatic carbocycles. The maximum Gasteiger partial charge on any atom is 0.306 e. The average molecular weight is 265 g/mol. The standard InChI is InChI=1S/C12H15N3O2S/c1-3-17-11(16)5-4-9-7-18-12(14-9)10-6-13-8-15(10)2/h6-8H,3-5H2,1-2H3. The maximum absolute atomic E-state index is 11.2. The van der Waals surface area contributed by atoms with E-state index >= 15 is 0 Å². The van der Waals surface area contributed by atoms with Crippen LogP contribution in [0.3, 0.4) is 0 Å². The van der Waals surface area contributed by atoms with Gasteiger partial charge in [-0.15, -0.1) is 11.3 Å². The molecule has 0 aliphatic rings. The van der Waals surface area contributed by atoms with Crippen molar-refractivity contribution in [1.29, 1.82) is 0 Å². The Bertz CT molecular complexity index is 533. The molecule has 0 amide bonds. The quantitative estimate of drug-likeness (QED) is 0.776. The molecule has 0 saturated heterocycles. The fourth-order valence-electron chi connectivity index (χ4n) is 1.57. The number of hydrogen-bond acceptors (Lipinski definition) is 5. The molecule has 0 saturated carbocycles. The van der Waals surface area contributed by atoms with Gasteiger partial charge in [-0.3, -0.25) is 4.79 Å². The third-order valence-electron chi connectivity index (χ3n) is 2.48. The van der Waals surface area contributed by atoms with Crippen LogP contribution in [0.15, 0.2) is 17.9 Å². The van der Waals surface area contributed by atoms with Crippen LogP contribution in [-0.4, -0.2) is 27.1 Å². The first-order valence-corrected chi connectivity index (χ1v) is 6.65. The van der Waals surface area contributed by atoms with Crippen LogP contribution < -0.4 is 0 Å². The topological polar surface area (TPSA) is 57.0 Å². The number of esters is 1. The minimum atomic E-state index is -0.174. The molecule has 2 aromatic rings. The van der Waals surface area contributed by atoms with Crippen molar-refractivity contribution in [2.24, 2.45) is 7.05 Å². The van der Waals surface area contributed by atoms with E-state index in [-0.39, 0.29) is 5.97 Å². The molecule has 2 heterocycles. The molecule has 96 valence electrons. The second kappa shape index (κ2) is 5.77. The van der Waals surface area contributed by atoms with E-state index < -0.39 is 0 Å². The molecule has 0 N–H and O–H groups in total. The number of rotatable bonds is 5. The highest BCUT2D eigenvalue weighted by atomic mass is 32.1. The Kier molecular flexibility index (Phi) is 4.09. The predicted octanol–water partition coefficient (Wildman–Crippen LogP) is 2.04. The maximum atomic E-state index is 11.2. The van der Waals surface area contributed by atoms with Gasteiger partial charge in [0.1, 0.15) is 5.01 Å². The summed E-state index contributed by atoms with van der Waals surface area (Å²) in [6, 6.07) is 0. The van der Waals surface area contributed by atoms with Crippen molar-refractivity contribution in [2.45, 2.75) is 19.8 Å². The molecule has 0 atom stereocenters. The van der Waals surface area contributed by atoms with Gasteiger partial charge in [0.25, 0.3) is 0 Å². The van der Waals surface area contributed by atoms with E-state index in [0.717, 1.165) is 16.4 Å². The summed E-state index contributed by atoms with van der Waals surface area (Å²) in [6.45, 7) is 2.23. The number of imidazole rings is 1. The summed E-state index contributed by atoms with van der Waals surface area (Å²) >= 11 is 1.56. The lowest BCUT2D eigenvalue weighted by Gasteiger charge is -1.99. The Hall–Kier alpha value is -1.69. The van der Waals surface area contributed by atoms with Crippen molar-refractivity contribution >= 4 is 17.3 Å². The molecule has 0 aliphatic heterocycles. The second-order valence-corrected chi connectivity index (χ2v) is 4.70. The van der Waals surface area contributed by atoms with E-state index in [4.69, 9.17) is 4.74 Å². The van der Waals surface area contributed by atoms with Gasteiger partial charge in [-0.25, -0.2) is 9.97 Å². The number of nitrogens with zero attached hydrogens (tertiary/aromatic N) is 3. The van der Waals surface area contributed by atoms with Gasteiger partial charge < -0.3 is 9.30 Å². The smallest absolute Gasteiger partial charge is 0.306 e. The van der Waals surface area contributed by atoms with Gasteiger partial charge >= 0.3 is 5.97 Å². The van der Waals surface area contributed by atoms with E-state index in [1.165, 1.54) is 0 Å². The highest BCUT2D eigenvalue weighted by molar-refractivity contribution is 7.13. The van der Waals surface area contributed by atoms with Crippen molar-refractivity contribution in [3.8, 4) is 10.7 Å². The zero-order valence-electron chi connectivity index (χ0n) is 10.4. The molecule has 6 heteroatoms. The van der Waals surface area contributed by atoms with Crippen LogP contribution in [-0.2, 0) is 23.0 Å². The highest BCUT2D eigenvalue weighted by Gasteiger charge is 2.09. The van der Waals surface area contributed by atoms with E-state index in [2.05, 4.69) is 9.97 Å². The monoisotopic (exact) mass is 265 g/mol. The number of hydrogen-bond donors (Lipinski definition) is 0. The Labute approximate surface area is 109 Å². The normalized spacial score (nSPS) is 10.6. The first-order chi connectivity index (χ1) is 8.70. The number of aromatic nitrogens is 3. The van der Waals surface area contributed by atoms with E-state index in [1.807, 2.05) is 17.0 Å². The fourth-order valence-corrected chi connectivity index (χ4v) is 2.47. The minimum Gasteiger partial charge on any atom is -0.466 e. The lowest BCUT2D eigenvalue weighted by molar-refractivity contribution is -0.143. The van der Waals surface area contributed by atoms with Crippen LogP contribution >= 0.6 is 11.3 Å². The van der Waals surface area contributed by atoms with Crippen LogP contribution in [0.25, 0.3) is 10.7 Å². The lowest BCUT2D eigenvalue weighted by atomic mass is 10.2. The molecule has 0 spiro atoms. The summed E-state index contributed by atoms with van der Waals surface area (Å²) < 4.78 is 6.81. The highest BCUT2D eigenvalue weighted by Crippen LogP contribution is 2.23. The van der Waals surface area contributed by atoms with Gasteiger partial charge in [0.2, 0.25) is 0 Å². The van der Waals surface area contributed by atoms with Crippen LogP contribution in [0, 0.1) is 0 Å². The number of aryl methyl sites for hydroxylation is 2. The van der Waals surface area contributed by atoms with Gasteiger partial charge in [0.15, 0.2) is 0 Å². The van der Waals surface area contributed by atoms with E-state index in [9.17, 15) is 4.79 Å². The van der Waals surface area contributed by atoms with E-state index in [0.29, 0.717) is 19.4 Å². The Morgan fingerprint density at radius 3 is 3.06 bits per heavy atom. The molecule has 2 aromatic heterocycles. The first-order valence-electron chi connectivity index (χ1n) is 5.77. The number of thiazole rings is 1. The van der Waals surface area contributed by atoms with Crippen molar-refractivity contribution in [3.05, 3.63) is 23.6 Å². The molecule has 0 bridgehead atoms. The van der Waals surface area contributed by atoms with Crippen LogP contribution in [0.5, 0.6) is 0 Å². The largest absolute Gasteiger partial charge is 0.466 e. The molecular weight excluding hydrogens is 250 g/mol. The molecule has 5 nitrogen and oxygen atoms in total. The summed E-state index contributed by atoms with van der Waals surface area (Å²) in [5.41, 5.74) is 1.91. The van der Waals surface area contributed by atoms with Crippen LogP contribution in [0.2, 0.25) is 0 Å². The summed E-state index contributed by atoms with van der Waals surface area (Å²) in [4.78, 5) is 19.8. The molecule has 0 aliphatic carbocycles. The summed E-state index contributed by atoms with van der Waals surface area (Å²) in [6.07, 6.45) is 4.53. The second-order valence-electron chi connectivity index (χ2n) is 3.84. The van der Waals surface area contributed by atoms with Gasteiger partial charge in [-0.05, 0) is 6.92 Å². The Balaban J connectivity index is 1.99. The van der Waals surface area contributed by atoms with Gasteiger partial charge in [-0.1, -0.05) is 0 Å². The first kappa shape index (κ1) is 12.8. The number of carbonyl (C=O) groups is 1. The lowest BCUT2D eigenvalue weighted by Crippen LogP contribution is -2.05. The number of carbonyl (C=O) groups excluding carboxylic acids is 1.